The summed E-state index contributed by atoms with van der Waals surface area (Å²) in [7, 11) is -3.24. The molecule has 1 aliphatic rings. The smallest absolute Gasteiger partial charge is 0.226 e. The maximum Gasteiger partial charge on any atom is 0.226 e. The summed E-state index contributed by atoms with van der Waals surface area (Å²) in [5, 5.41) is 0.582. The van der Waals surface area contributed by atoms with Crippen molar-refractivity contribution in [1.29, 1.82) is 0 Å². The average Bonchev–Trinajstić information content (AvgIpc) is 2.85. The monoisotopic (exact) mass is 346 g/mol. The second-order valence-corrected chi connectivity index (χ2v) is 7.49. The fraction of sp³-hybridized carbons (Fsp3) is 0.500. The van der Waals surface area contributed by atoms with Crippen molar-refractivity contribution in [3.8, 4) is 5.75 Å². The number of ether oxygens (including phenoxy) is 1. The second kappa shape index (κ2) is 7.30. The molecule has 0 aromatic heterocycles. The largest absolute Gasteiger partial charge is 0.493 e. The minimum atomic E-state index is -3.24. The van der Waals surface area contributed by atoms with Crippen molar-refractivity contribution in [1.82, 2.24) is 9.62 Å². The molecule has 1 aliphatic heterocycles. The molecule has 0 radical (unpaired) electrons. The van der Waals surface area contributed by atoms with Crippen molar-refractivity contribution >= 4 is 27.5 Å². The van der Waals surface area contributed by atoms with Crippen LogP contribution in [-0.4, -0.2) is 51.2 Å². The molecular weight excluding hydrogens is 328 g/mol. The van der Waals surface area contributed by atoms with Gasteiger partial charge in [-0.3, -0.25) is 4.79 Å². The zero-order chi connectivity index (χ0) is 16.2. The van der Waals surface area contributed by atoms with Crippen LogP contribution >= 0.6 is 11.6 Å². The van der Waals surface area contributed by atoms with Crippen LogP contribution in [-0.2, 0) is 14.8 Å². The van der Waals surface area contributed by atoms with Crippen molar-refractivity contribution in [2.24, 2.45) is 0 Å². The van der Waals surface area contributed by atoms with Crippen molar-refractivity contribution in [3.05, 3.63) is 29.3 Å². The quantitative estimate of drug-likeness (QED) is 0.841. The Kier molecular flexibility index (Phi) is 5.66. The van der Waals surface area contributed by atoms with E-state index in [1.807, 2.05) is 0 Å². The third-order valence-electron chi connectivity index (χ3n) is 3.30. The Morgan fingerprint density at radius 3 is 2.95 bits per heavy atom. The lowest BCUT2D eigenvalue weighted by molar-refractivity contribution is -0.130. The summed E-state index contributed by atoms with van der Waals surface area (Å²) in [5.41, 5.74) is 0. The van der Waals surface area contributed by atoms with Gasteiger partial charge in [-0.1, -0.05) is 17.7 Å². The highest BCUT2D eigenvalue weighted by Crippen LogP contribution is 2.17. The van der Waals surface area contributed by atoms with E-state index in [4.69, 9.17) is 16.3 Å². The van der Waals surface area contributed by atoms with Gasteiger partial charge in [0.2, 0.25) is 15.9 Å². The molecular formula is C14H19ClN2O4S. The van der Waals surface area contributed by atoms with Crippen LogP contribution in [0.5, 0.6) is 5.75 Å². The fourth-order valence-corrected chi connectivity index (χ4v) is 3.33. The van der Waals surface area contributed by atoms with Gasteiger partial charge < -0.3 is 9.64 Å². The van der Waals surface area contributed by atoms with Gasteiger partial charge in [0.15, 0.2) is 0 Å². The second-order valence-electron chi connectivity index (χ2n) is 5.27. The summed E-state index contributed by atoms with van der Waals surface area (Å²) in [6.45, 7) is 1.23. The van der Waals surface area contributed by atoms with E-state index in [2.05, 4.69) is 4.72 Å². The normalized spacial score (nSPS) is 18.5. The molecule has 0 spiro atoms. The van der Waals surface area contributed by atoms with Gasteiger partial charge in [0.1, 0.15) is 5.75 Å². The topological polar surface area (TPSA) is 75.7 Å². The first-order valence-electron chi connectivity index (χ1n) is 6.97. The number of halogens is 1. The van der Waals surface area contributed by atoms with Crippen LogP contribution in [0.15, 0.2) is 24.3 Å². The van der Waals surface area contributed by atoms with Crippen LogP contribution in [0.3, 0.4) is 0 Å². The lowest BCUT2D eigenvalue weighted by atomic mass is 10.3. The minimum absolute atomic E-state index is 0.0418. The first-order valence-corrected chi connectivity index (χ1v) is 9.24. The van der Waals surface area contributed by atoms with Crippen LogP contribution in [0.2, 0.25) is 5.02 Å². The maximum absolute atomic E-state index is 12.1. The Morgan fingerprint density at radius 1 is 1.50 bits per heavy atom. The van der Waals surface area contributed by atoms with E-state index in [9.17, 15) is 13.2 Å². The van der Waals surface area contributed by atoms with Gasteiger partial charge in [-0.25, -0.2) is 13.1 Å². The first kappa shape index (κ1) is 17.1. The summed E-state index contributed by atoms with van der Waals surface area (Å²) < 4.78 is 30.4. The molecule has 1 atom stereocenters. The van der Waals surface area contributed by atoms with Gasteiger partial charge >= 0.3 is 0 Å². The lowest BCUT2D eigenvalue weighted by Crippen LogP contribution is -2.38. The van der Waals surface area contributed by atoms with Crippen LogP contribution in [0.1, 0.15) is 12.8 Å². The first-order chi connectivity index (χ1) is 10.3. The molecule has 122 valence electrons. The van der Waals surface area contributed by atoms with Gasteiger partial charge in [0.05, 0.1) is 19.3 Å². The molecule has 8 heteroatoms. The molecule has 1 fully saturated rings. The van der Waals surface area contributed by atoms with Crippen LogP contribution < -0.4 is 9.46 Å². The highest BCUT2D eigenvalue weighted by atomic mass is 35.5. The summed E-state index contributed by atoms with van der Waals surface area (Å²) in [6.07, 6.45) is 2.00. The third-order valence-corrected chi connectivity index (χ3v) is 4.30. The summed E-state index contributed by atoms with van der Waals surface area (Å²) in [6, 6.07) is 6.79. The number of nitrogens with zero attached hydrogens (tertiary/aromatic N) is 1. The standard InChI is InChI=1S/C14H19ClN2O4S/c1-22(19,20)16-12-5-7-17(10-12)14(18)6-8-21-13-4-2-3-11(15)9-13/h2-4,9,12,16H,5-8,10H2,1H3. The molecule has 0 bridgehead atoms. The Labute approximate surface area is 135 Å². The molecule has 6 nitrogen and oxygen atoms in total. The number of carbonyl (C=O) groups excluding carboxylic acids is 1. The molecule has 1 aromatic carbocycles. The Bertz CT molecular complexity index is 635. The highest BCUT2D eigenvalue weighted by Gasteiger charge is 2.27. The number of hydrogen-bond donors (Lipinski definition) is 1. The van der Waals surface area contributed by atoms with Gasteiger partial charge in [0, 0.05) is 24.2 Å². The van der Waals surface area contributed by atoms with Gasteiger partial charge in [-0.05, 0) is 24.6 Å². The number of likely N-dealkylation sites (tertiary alicyclic amines) is 1. The highest BCUT2D eigenvalue weighted by molar-refractivity contribution is 7.88. The van der Waals surface area contributed by atoms with E-state index >= 15 is 0 Å². The SMILES string of the molecule is CS(=O)(=O)NC1CCN(C(=O)CCOc2cccc(Cl)c2)C1. The summed E-state index contributed by atoms with van der Waals surface area (Å²) in [5.74, 6) is 0.582. The average molecular weight is 347 g/mol. The number of amides is 1. The van der Waals surface area contributed by atoms with Crippen molar-refractivity contribution in [2.75, 3.05) is 26.0 Å². The number of rotatable bonds is 6. The zero-order valence-corrected chi connectivity index (χ0v) is 13.9. The number of sulfonamides is 1. The Hall–Kier alpha value is -1.31. The predicted molar refractivity (Wildman–Crippen MR) is 84.5 cm³/mol. The minimum Gasteiger partial charge on any atom is -0.493 e. The Balaban J connectivity index is 1.74. The van der Waals surface area contributed by atoms with E-state index < -0.39 is 10.0 Å². The number of carbonyl (C=O) groups is 1. The summed E-state index contributed by atoms with van der Waals surface area (Å²) in [4.78, 5) is 13.7. The van der Waals surface area contributed by atoms with E-state index in [0.29, 0.717) is 30.3 Å². The molecule has 1 N–H and O–H groups in total. The summed E-state index contributed by atoms with van der Waals surface area (Å²) >= 11 is 5.85. The Morgan fingerprint density at radius 2 is 2.27 bits per heavy atom. The van der Waals surface area contributed by atoms with E-state index in [1.54, 1.807) is 29.2 Å². The van der Waals surface area contributed by atoms with E-state index in [-0.39, 0.29) is 25.0 Å². The predicted octanol–water partition coefficient (Wildman–Crippen LogP) is 1.26. The number of benzene rings is 1. The van der Waals surface area contributed by atoms with Gasteiger partial charge in [-0.15, -0.1) is 0 Å². The lowest BCUT2D eigenvalue weighted by Gasteiger charge is -2.17. The zero-order valence-electron chi connectivity index (χ0n) is 12.3. The fourth-order valence-electron chi connectivity index (χ4n) is 2.36. The molecule has 1 saturated heterocycles. The van der Waals surface area contributed by atoms with Crippen LogP contribution in [0.25, 0.3) is 0 Å². The van der Waals surface area contributed by atoms with Crippen LogP contribution in [0, 0.1) is 0 Å². The maximum atomic E-state index is 12.1. The van der Waals surface area contributed by atoms with Crippen LogP contribution in [0.4, 0.5) is 0 Å². The molecule has 1 amide bonds. The molecule has 0 saturated carbocycles. The molecule has 2 rings (SSSR count). The van der Waals surface area contributed by atoms with E-state index in [1.165, 1.54) is 0 Å². The molecule has 1 unspecified atom stereocenters. The van der Waals surface area contributed by atoms with Crippen molar-refractivity contribution < 1.29 is 17.9 Å². The van der Waals surface area contributed by atoms with Crippen molar-refractivity contribution in [2.45, 2.75) is 18.9 Å². The van der Waals surface area contributed by atoms with Gasteiger partial charge in [-0.2, -0.15) is 0 Å². The third kappa shape index (κ3) is 5.47. The molecule has 22 heavy (non-hydrogen) atoms. The molecule has 1 heterocycles. The molecule has 1 aromatic rings. The molecule has 0 aliphatic carbocycles. The van der Waals surface area contributed by atoms with Crippen molar-refractivity contribution in [3.63, 3.8) is 0 Å². The number of hydrogen-bond acceptors (Lipinski definition) is 4. The van der Waals surface area contributed by atoms with E-state index in [0.717, 1.165) is 6.26 Å². The van der Waals surface area contributed by atoms with Gasteiger partial charge in [0.25, 0.3) is 0 Å². The number of nitrogens with one attached hydrogen (secondary N) is 1.